The van der Waals surface area contributed by atoms with Crippen molar-refractivity contribution in [3.63, 3.8) is 0 Å². The summed E-state index contributed by atoms with van der Waals surface area (Å²) in [6.45, 7) is 12.9. The van der Waals surface area contributed by atoms with Crippen LogP contribution in [0.5, 0.6) is 0 Å². The average Bonchev–Trinajstić information content (AvgIpc) is 2.62. The number of nitrogens with zero attached hydrogens (tertiary/aromatic N) is 1. The van der Waals surface area contributed by atoms with Gasteiger partial charge in [-0.25, -0.2) is 0 Å². The number of hydrogen-bond acceptors (Lipinski definition) is 4. The van der Waals surface area contributed by atoms with Crippen LogP contribution in [-0.2, 0) is 9.53 Å². The van der Waals surface area contributed by atoms with Crippen molar-refractivity contribution in [2.75, 3.05) is 33.3 Å². The molecule has 0 amide bonds. The van der Waals surface area contributed by atoms with Gasteiger partial charge in [-0.15, -0.1) is 0 Å². The first kappa shape index (κ1) is 18.4. The Kier molecular flexibility index (Phi) is 7.14. The van der Waals surface area contributed by atoms with Crippen molar-refractivity contribution in [1.82, 2.24) is 10.2 Å². The maximum absolute atomic E-state index is 12.4. The summed E-state index contributed by atoms with van der Waals surface area (Å²) in [7, 11) is 1.51. The number of carbonyl (C=O) groups excluding carboxylic acids is 1. The molecule has 21 heavy (non-hydrogen) atoms. The lowest BCUT2D eigenvalue weighted by atomic mass is 9.83. The molecular formula is C17H34N2O2. The van der Waals surface area contributed by atoms with E-state index in [9.17, 15) is 4.79 Å². The van der Waals surface area contributed by atoms with Gasteiger partial charge in [0.15, 0.2) is 0 Å². The minimum Gasteiger partial charge on any atom is -0.468 e. The van der Waals surface area contributed by atoms with Crippen molar-refractivity contribution < 1.29 is 9.53 Å². The van der Waals surface area contributed by atoms with Crippen molar-refractivity contribution in [2.45, 2.75) is 65.3 Å². The van der Waals surface area contributed by atoms with Gasteiger partial charge in [-0.1, -0.05) is 34.1 Å². The van der Waals surface area contributed by atoms with Crippen molar-refractivity contribution in [2.24, 2.45) is 5.41 Å². The summed E-state index contributed by atoms with van der Waals surface area (Å²) >= 11 is 0. The normalized spacial score (nSPS) is 25.6. The van der Waals surface area contributed by atoms with Crippen LogP contribution in [0.15, 0.2) is 0 Å². The number of likely N-dealkylation sites (N-methyl/N-ethyl adjacent to an activating group) is 1. The predicted molar refractivity (Wildman–Crippen MR) is 87.4 cm³/mol. The van der Waals surface area contributed by atoms with Gasteiger partial charge >= 0.3 is 5.97 Å². The molecule has 0 radical (unpaired) electrons. The Morgan fingerprint density at radius 2 is 1.81 bits per heavy atom. The zero-order chi connectivity index (χ0) is 15.9. The van der Waals surface area contributed by atoms with Crippen LogP contribution in [0.25, 0.3) is 0 Å². The molecule has 124 valence electrons. The second-order valence-corrected chi connectivity index (χ2v) is 7.05. The molecule has 4 heteroatoms. The van der Waals surface area contributed by atoms with Gasteiger partial charge < -0.3 is 15.0 Å². The summed E-state index contributed by atoms with van der Waals surface area (Å²) in [6, 6.07) is 0. The molecule has 1 atom stereocenters. The van der Waals surface area contributed by atoms with Crippen LogP contribution in [0.4, 0.5) is 0 Å². The number of rotatable bonds is 7. The van der Waals surface area contributed by atoms with E-state index >= 15 is 0 Å². The first-order valence-electron chi connectivity index (χ1n) is 8.45. The number of hydrogen-bond donors (Lipinski definition) is 1. The topological polar surface area (TPSA) is 41.6 Å². The molecule has 4 nitrogen and oxygen atoms in total. The SMILES string of the molecule is CCN(CC)CCNC1(C(=O)OC)CCCC(C)(C)CC1. The Morgan fingerprint density at radius 3 is 2.38 bits per heavy atom. The monoisotopic (exact) mass is 298 g/mol. The second kappa shape index (κ2) is 8.14. The highest BCUT2D eigenvalue weighted by Gasteiger charge is 2.42. The fraction of sp³-hybridized carbons (Fsp3) is 0.941. The van der Waals surface area contributed by atoms with Crippen LogP contribution in [-0.4, -0.2) is 49.7 Å². The smallest absolute Gasteiger partial charge is 0.326 e. The van der Waals surface area contributed by atoms with Crippen molar-refractivity contribution in [1.29, 1.82) is 0 Å². The third kappa shape index (κ3) is 5.26. The Labute approximate surface area is 130 Å². The first-order chi connectivity index (χ1) is 9.89. The molecule has 1 fully saturated rings. The van der Waals surface area contributed by atoms with Crippen LogP contribution >= 0.6 is 0 Å². The zero-order valence-corrected chi connectivity index (χ0v) is 14.6. The van der Waals surface area contributed by atoms with E-state index in [4.69, 9.17) is 4.74 Å². The molecule has 0 aromatic rings. The van der Waals surface area contributed by atoms with Gasteiger partial charge in [0.05, 0.1) is 7.11 Å². The van der Waals surface area contributed by atoms with Gasteiger partial charge in [0.1, 0.15) is 5.54 Å². The Bertz CT molecular complexity index is 327. The molecule has 0 spiro atoms. The van der Waals surface area contributed by atoms with E-state index in [1.54, 1.807) is 0 Å². The molecule has 0 bridgehead atoms. The van der Waals surface area contributed by atoms with Crippen LogP contribution in [0.1, 0.15) is 59.8 Å². The van der Waals surface area contributed by atoms with Crippen molar-refractivity contribution in [3.05, 3.63) is 0 Å². The Balaban J connectivity index is 2.69. The van der Waals surface area contributed by atoms with Gasteiger partial charge in [0, 0.05) is 13.1 Å². The van der Waals surface area contributed by atoms with Gasteiger partial charge in [-0.05, 0) is 44.2 Å². The van der Waals surface area contributed by atoms with Crippen LogP contribution in [0.2, 0.25) is 0 Å². The lowest BCUT2D eigenvalue weighted by Gasteiger charge is -2.32. The molecule has 1 rings (SSSR count). The van der Waals surface area contributed by atoms with Gasteiger partial charge in [-0.3, -0.25) is 4.79 Å². The summed E-state index contributed by atoms with van der Waals surface area (Å²) in [5.41, 5.74) is -0.147. The molecule has 1 unspecified atom stereocenters. The fourth-order valence-electron chi connectivity index (χ4n) is 3.31. The van der Waals surface area contributed by atoms with Crippen LogP contribution in [0, 0.1) is 5.41 Å². The maximum Gasteiger partial charge on any atom is 0.326 e. The van der Waals surface area contributed by atoms with Crippen LogP contribution in [0.3, 0.4) is 0 Å². The fourth-order valence-corrected chi connectivity index (χ4v) is 3.31. The largest absolute Gasteiger partial charge is 0.468 e. The third-order valence-corrected chi connectivity index (χ3v) is 5.05. The Morgan fingerprint density at radius 1 is 1.14 bits per heavy atom. The summed E-state index contributed by atoms with van der Waals surface area (Å²) in [4.78, 5) is 14.7. The number of nitrogens with one attached hydrogen (secondary N) is 1. The minimum atomic E-state index is -0.477. The second-order valence-electron chi connectivity index (χ2n) is 7.05. The third-order valence-electron chi connectivity index (χ3n) is 5.05. The minimum absolute atomic E-state index is 0.0836. The van der Waals surface area contributed by atoms with E-state index in [1.807, 2.05) is 0 Å². The average molecular weight is 298 g/mol. The van der Waals surface area contributed by atoms with Gasteiger partial charge in [0.2, 0.25) is 0 Å². The highest BCUT2D eigenvalue weighted by molar-refractivity contribution is 5.80. The molecule has 0 aromatic heterocycles. The molecule has 0 aliphatic heterocycles. The number of ether oxygens (including phenoxy) is 1. The molecule has 1 N–H and O–H groups in total. The number of methoxy groups -OCH3 is 1. The molecule has 1 aliphatic rings. The summed E-state index contributed by atoms with van der Waals surface area (Å²) < 4.78 is 5.11. The zero-order valence-electron chi connectivity index (χ0n) is 14.6. The van der Waals surface area contributed by atoms with Crippen molar-refractivity contribution in [3.8, 4) is 0 Å². The highest BCUT2D eigenvalue weighted by atomic mass is 16.5. The molecule has 1 saturated carbocycles. The highest BCUT2D eigenvalue weighted by Crippen LogP contribution is 2.38. The molecule has 0 heterocycles. The van der Waals surface area contributed by atoms with Crippen molar-refractivity contribution >= 4 is 5.97 Å². The Hall–Kier alpha value is -0.610. The van der Waals surface area contributed by atoms with E-state index in [0.29, 0.717) is 5.41 Å². The summed E-state index contributed by atoms with van der Waals surface area (Å²) in [6.07, 6.45) is 5.11. The summed E-state index contributed by atoms with van der Waals surface area (Å²) in [5, 5.41) is 3.55. The van der Waals surface area contributed by atoms with Gasteiger partial charge in [-0.2, -0.15) is 0 Å². The van der Waals surface area contributed by atoms with E-state index < -0.39 is 5.54 Å². The molecule has 0 saturated heterocycles. The first-order valence-corrected chi connectivity index (χ1v) is 8.45. The van der Waals surface area contributed by atoms with Gasteiger partial charge in [0.25, 0.3) is 0 Å². The molecular weight excluding hydrogens is 264 g/mol. The van der Waals surface area contributed by atoms with E-state index in [0.717, 1.165) is 51.9 Å². The number of carbonyl (C=O) groups is 1. The summed E-state index contributed by atoms with van der Waals surface area (Å²) in [5.74, 6) is -0.0836. The van der Waals surface area contributed by atoms with E-state index in [2.05, 4.69) is 37.9 Å². The molecule has 0 aromatic carbocycles. The van der Waals surface area contributed by atoms with E-state index in [1.165, 1.54) is 13.5 Å². The lowest BCUT2D eigenvalue weighted by molar-refractivity contribution is -0.149. The standard InChI is InChI=1S/C17H34N2O2/c1-6-19(7-2)14-13-18-17(15(20)21-5)10-8-9-16(3,4)11-12-17/h18H,6-14H2,1-5H3. The number of esters is 1. The predicted octanol–water partition coefficient (Wildman–Crippen LogP) is 2.82. The van der Waals surface area contributed by atoms with Crippen LogP contribution < -0.4 is 5.32 Å². The van der Waals surface area contributed by atoms with E-state index in [-0.39, 0.29) is 5.97 Å². The quantitative estimate of drug-likeness (QED) is 0.580. The lowest BCUT2D eigenvalue weighted by Crippen LogP contribution is -2.54. The molecule has 1 aliphatic carbocycles. The maximum atomic E-state index is 12.4.